The molecule has 0 atom stereocenters. The topological polar surface area (TPSA) is 197 Å². The van der Waals surface area contributed by atoms with Crippen LogP contribution >= 0.6 is 23.2 Å². The highest BCUT2D eigenvalue weighted by Gasteiger charge is 2.24. The van der Waals surface area contributed by atoms with E-state index in [2.05, 4.69) is 20.8 Å². The summed E-state index contributed by atoms with van der Waals surface area (Å²) in [4.78, 5) is 77.0. The highest BCUT2D eigenvalue weighted by Crippen LogP contribution is 2.30. The fraction of sp³-hybridized carbons (Fsp3) is 0.154. The fourth-order valence-corrected chi connectivity index (χ4v) is 7.68. The van der Waals surface area contributed by atoms with Gasteiger partial charge in [-0.05, 0) is 117 Å². The highest BCUT2D eigenvalue weighted by atomic mass is 35.5. The van der Waals surface area contributed by atoms with E-state index < -0.39 is 17.5 Å². The molecule has 0 bridgehead atoms. The predicted octanol–water partition coefficient (Wildman–Crippen LogP) is 9.24. The number of nitrogens with zero attached hydrogens (tertiary/aromatic N) is 6. The Morgan fingerprint density at radius 2 is 0.971 bits per heavy atom. The largest absolute Gasteiger partial charge is 0.478 e. The van der Waals surface area contributed by atoms with Crippen LogP contribution in [0.5, 0.6) is 0 Å². The van der Waals surface area contributed by atoms with Crippen LogP contribution in [0.4, 0.5) is 11.4 Å². The molecule has 0 aliphatic heterocycles. The Bertz CT molecular complexity index is 3340. The summed E-state index contributed by atoms with van der Waals surface area (Å²) < 4.78 is 8.79. The molecule has 4 heterocycles. The number of nitrogens with one attached hydrogen (secondary N) is 2. The number of aromatic carboxylic acids is 1. The smallest absolute Gasteiger partial charge is 0.340 e. The van der Waals surface area contributed by atoms with Gasteiger partial charge < -0.3 is 30.3 Å². The predicted molar refractivity (Wildman–Crippen MR) is 269 cm³/mol. The van der Waals surface area contributed by atoms with Crippen molar-refractivity contribution in [3.8, 4) is 22.3 Å². The molecule has 18 heteroatoms. The highest BCUT2D eigenvalue weighted by molar-refractivity contribution is 6.34. The Labute approximate surface area is 412 Å². The quantitative estimate of drug-likeness (QED) is 0.111. The van der Waals surface area contributed by atoms with Crippen LogP contribution in [-0.2, 0) is 4.74 Å². The van der Waals surface area contributed by atoms with Crippen LogP contribution in [0.1, 0.15) is 82.9 Å². The maximum absolute atomic E-state index is 13.4. The Morgan fingerprint density at radius 1 is 0.571 bits per heavy atom. The van der Waals surface area contributed by atoms with Crippen LogP contribution in [0.2, 0.25) is 10.0 Å². The van der Waals surface area contributed by atoms with Crippen LogP contribution in [-0.4, -0.2) is 93.7 Å². The molecule has 8 rings (SSSR count). The number of carbonyl (C=O) groups excluding carboxylic acids is 5. The fourth-order valence-electron chi connectivity index (χ4n) is 7.28. The van der Waals surface area contributed by atoms with Gasteiger partial charge in [0.2, 0.25) is 0 Å². The number of benzene rings is 4. The average molecular weight is 982 g/mol. The van der Waals surface area contributed by atoms with Crippen LogP contribution in [0.3, 0.4) is 0 Å². The third-order valence-electron chi connectivity index (χ3n) is 11.0. The maximum Gasteiger partial charge on any atom is 0.340 e. The van der Waals surface area contributed by atoms with Gasteiger partial charge in [-0.3, -0.25) is 19.2 Å². The molecule has 0 fully saturated rings. The van der Waals surface area contributed by atoms with Crippen molar-refractivity contribution >= 4 is 81.2 Å². The van der Waals surface area contributed by atoms with Crippen molar-refractivity contribution in [3.63, 3.8) is 0 Å². The lowest BCUT2D eigenvalue weighted by Gasteiger charge is -2.22. The van der Waals surface area contributed by atoms with E-state index in [9.17, 15) is 33.9 Å². The van der Waals surface area contributed by atoms with Crippen molar-refractivity contribution in [2.24, 2.45) is 0 Å². The summed E-state index contributed by atoms with van der Waals surface area (Å²) in [7, 11) is 6.35. The molecule has 8 aromatic rings. The Hall–Kier alpha value is -8.34. The van der Waals surface area contributed by atoms with E-state index in [1.165, 1.54) is 21.9 Å². The van der Waals surface area contributed by atoms with E-state index >= 15 is 0 Å². The number of anilines is 2. The molecule has 0 saturated carbocycles. The van der Waals surface area contributed by atoms with Crippen molar-refractivity contribution in [2.75, 3.05) is 38.0 Å². The normalized spacial score (nSPS) is 11.0. The maximum atomic E-state index is 13.4. The van der Waals surface area contributed by atoms with Gasteiger partial charge in [-0.1, -0.05) is 47.5 Å². The first kappa shape index (κ1) is 49.6. The van der Waals surface area contributed by atoms with Gasteiger partial charge in [-0.15, -0.1) is 0 Å². The minimum Gasteiger partial charge on any atom is -0.478 e. The summed E-state index contributed by atoms with van der Waals surface area (Å²) in [6.45, 7) is 5.32. The lowest BCUT2D eigenvalue weighted by atomic mass is 10.0. The van der Waals surface area contributed by atoms with Crippen molar-refractivity contribution in [1.82, 2.24) is 29.9 Å². The first-order valence-electron chi connectivity index (χ1n) is 21.5. The molecule has 4 aromatic heterocycles. The number of hydrogen-bond acceptors (Lipinski definition) is 9. The van der Waals surface area contributed by atoms with Gasteiger partial charge in [0.05, 0.1) is 44.6 Å². The zero-order valence-corrected chi connectivity index (χ0v) is 40.5. The molecule has 0 unspecified atom stereocenters. The van der Waals surface area contributed by atoms with E-state index in [0.29, 0.717) is 39.1 Å². The first-order chi connectivity index (χ1) is 33.3. The van der Waals surface area contributed by atoms with Crippen molar-refractivity contribution < 1.29 is 38.6 Å². The lowest BCUT2D eigenvalue weighted by molar-refractivity contribution is 0.00690. The minimum absolute atomic E-state index is 0.0810. The van der Waals surface area contributed by atoms with Gasteiger partial charge in [0.1, 0.15) is 5.60 Å². The van der Waals surface area contributed by atoms with Gasteiger partial charge in [-0.2, -0.15) is 10.2 Å². The Kier molecular flexibility index (Phi) is 14.5. The van der Waals surface area contributed by atoms with Gasteiger partial charge in [-0.25, -0.2) is 18.6 Å². The summed E-state index contributed by atoms with van der Waals surface area (Å²) in [6, 6.07) is 30.3. The van der Waals surface area contributed by atoms with E-state index in [-0.39, 0.29) is 44.8 Å². The number of carboxylic acids is 1. The molecule has 0 aliphatic carbocycles. The standard InChI is InChI=1S/C28H27ClN4O4.C24H19ClN4O4/c1-28(2,3)37-27(36)21-15-20(10-11-23(21)29)32(5)26(35)19-12-13-33-24(14-19)22(16-31-33)17-6-8-18(9-7-17)25(34)30-4;1-26-22(30)15-5-3-14(4-6-15)19-13-27-29-10-9-16(11-21(19)29)23(31)28(2)17-7-8-20(25)18(12-17)24(32)33/h6-16H,1-5H3,(H,30,34);3-13H,1-2H3,(H,26,30)(H,32,33). The second kappa shape index (κ2) is 20.5. The number of esters is 1. The number of carbonyl (C=O) groups is 6. The number of aromatic nitrogens is 4. The van der Waals surface area contributed by atoms with Gasteiger partial charge in [0.15, 0.2) is 0 Å². The van der Waals surface area contributed by atoms with Gasteiger partial charge in [0.25, 0.3) is 23.6 Å². The molecule has 3 N–H and O–H groups in total. The van der Waals surface area contributed by atoms with Crippen molar-refractivity contribution in [3.05, 3.63) is 177 Å². The molecule has 70 heavy (non-hydrogen) atoms. The summed E-state index contributed by atoms with van der Waals surface area (Å²) in [6.07, 6.45) is 6.81. The molecular formula is C52H46Cl2N8O8. The van der Waals surface area contributed by atoms with Crippen LogP contribution < -0.4 is 20.4 Å². The Morgan fingerprint density at radius 3 is 1.36 bits per heavy atom. The molecule has 356 valence electrons. The van der Waals surface area contributed by atoms with Gasteiger partial charge >= 0.3 is 11.9 Å². The molecule has 4 aromatic carbocycles. The summed E-state index contributed by atoms with van der Waals surface area (Å²) >= 11 is 12.2. The third kappa shape index (κ3) is 10.7. The van der Waals surface area contributed by atoms with E-state index in [1.807, 2.05) is 24.3 Å². The molecule has 0 spiro atoms. The number of rotatable bonds is 10. The van der Waals surface area contributed by atoms with E-state index in [4.69, 9.17) is 27.9 Å². The van der Waals surface area contributed by atoms with Gasteiger partial charge in [0, 0.05) is 85.3 Å². The number of carboxylic acid groups (broad SMARTS) is 1. The molecule has 0 radical (unpaired) electrons. The molecule has 0 aliphatic rings. The van der Waals surface area contributed by atoms with E-state index in [1.54, 1.807) is 156 Å². The SMILES string of the molecule is CNC(=O)c1ccc(-c2cnn3ccc(C(=O)N(C)c4ccc(Cl)c(C(=O)O)c4)cc23)cc1.CNC(=O)c1ccc(-c2cnn3ccc(C(=O)N(C)c4ccc(Cl)c(C(=O)OC(C)(C)C)c4)cc23)cc1. The van der Waals surface area contributed by atoms with Crippen LogP contribution in [0, 0.1) is 0 Å². The summed E-state index contributed by atoms with van der Waals surface area (Å²) in [5, 5.41) is 23.6. The number of hydrogen-bond donors (Lipinski definition) is 3. The zero-order valence-electron chi connectivity index (χ0n) is 38.9. The number of fused-ring (bicyclic) bond motifs is 2. The minimum atomic E-state index is -1.17. The molecular weight excluding hydrogens is 936 g/mol. The first-order valence-corrected chi connectivity index (χ1v) is 22.3. The number of pyridine rings is 2. The average Bonchev–Trinajstić information content (AvgIpc) is 3.99. The number of amides is 4. The summed E-state index contributed by atoms with van der Waals surface area (Å²) in [5.74, 6) is -2.67. The van der Waals surface area contributed by atoms with Crippen LogP contribution in [0.15, 0.2) is 134 Å². The summed E-state index contributed by atoms with van der Waals surface area (Å²) in [5.41, 5.74) is 7.02. The number of ether oxygens (including phenoxy) is 1. The second-order valence-corrected chi connectivity index (χ2v) is 17.6. The van der Waals surface area contributed by atoms with Crippen LogP contribution in [0.25, 0.3) is 33.3 Å². The molecule has 0 saturated heterocycles. The molecule has 16 nitrogen and oxygen atoms in total. The van der Waals surface area contributed by atoms with Crippen molar-refractivity contribution in [2.45, 2.75) is 26.4 Å². The van der Waals surface area contributed by atoms with Crippen molar-refractivity contribution in [1.29, 1.82) is 0 Å². The monoisotopic (exact) mass is 980 g/mol. The zero-order chi connectivity index (χ0) is 50.6. The third-order valence-corrected chi connectivity index (χ3v) is 11.7. The van der Waals surface area contributed by atoms with E-state index in [0.717, 1.165) is 27.8 Å². The second-order valence-electron chi connectivity index (χ2n) is 16.8. The molecule has 4 amide bonds. The lowest BCUT2D eigenvalue weighted by Crippen LogP contribution is -2.27. The Balaban J connectivity index is 0.000000208. The number of halogens is 2.